The fourth-order valence-electron chi connectivity index (χ4n) is 2.72. The standard InChI is InChI=1S/C14H16Cl2O4S/c15-11-7-13-12(19-3-1-4-20-13)6-10(11)14(16)9-2-5-21(17,18)8-9/h6-7,9,14H,1-5,8H2. The van der Waals surface area contributed by atoms with E-state index in [1.54, 1.807) is 12.1 Å². The maximum Gasteiger partial charge on any atom is 0.162 e. The molecular formula is C14H16Cl2O4S. The SMILES string of the molecule is O=S1(=O)CCC(C(Cl)c2cc3c(cc2Cl)OCCCO3)C1. The number of rotatable bonds is 2. The van der Waals surface area contributed by atoms with E-state index in [1.165, 1.54) is 0 Å². The second-order valence-electron chi connectivity index (χ2n) is 5.44. The Balaban J connectivity index is 1.90. The first-order chi connectivity index (χ1) is 9.96. The topological polar surface area (TPSA) is 52.6 Å². The molecule has 7 heteroatoms. The van der Waals surface area contributed by atoms with Gasteiger partial charge in [0.2, 0.25) is 0 Å². The molecule has 0 aliphatic carbocycles. The van der Waals surface area contributed by atoms with E-state index in [0.717, 1.165) is 6.42 Å². The number of hydrogen-bond acceptors (Lipinski definition) is 4. The van der Waals surface area contributed by atoms with E-state index in [1.807, 2.05) is 0 Å². The summed E-state index contributed by atoms with van der Waals surface area (Å²) in [6.45, 7) is 1.17. The lowest BCUT2D eigenvalue weighted by atomic mass is 9.98. The Morgan fingerprint density at radius 2 is 1.86 bits per heavy atom. The molecule has 0 amide bonds. The number of sulfone groups is 1. The van der Waals surface area contributed by atoms with Crippen LogP contribution in [-0.4, -0.2) is 33.1 Å². The van der Waals surface area contributed by atoms with Gasteiger partial charge in [-0.2, -0.15) is 0 Å². The molecule has 2 aliphatic rings. The van der Waals surface area contributed by atoms with Crippen LogP contribution in [0.1, 0.15) is 23.8 Å². The number of benzene rings is 1. The summed E-state index contributed by atoms with van der Waals surface area (Å²) in [6, 6.07) is 3.49. The predicted octanol–water partition coefficient (Wildman–Crippen LogP) is 3.22. The minimum Gasteiger partial charge on any atom is -0.490 e. The highest BCUT2D eigenvalue weighted by atomic mass is 35.5. The van der Waals surface area contributed by atoms with Crippen molar-refractivity contribution in [2.75, 3.05) is 24.7 Å². The summed E-state index contributed by atoms with van der Waals surface area (Å²) in [4.78, 5) is 0. The molecule has 21 heavy (non-hydrogen) atoms. The van der Waals surface area contributed by atoms with E-state index in [9.17, 15) is 8.42 Å². The van der Waals surface area contributed by atoms with Crippen LogP contribution in [0, 0.1) is 5.92 Å². The zero-order chi connectivity index (χ0) is 15.0. The third-order valence-corrected chi connectivity index (χ3v) is 6.56. The third-order valence-electron chi connectivity index (χ3n) is 3.85. The van der Waals surface area contributed by atoms with Crippen molar-refractivity contribution in [3.63, 3.8) is 0 Å². The summed E-state index contributed by atoms with van der Waals surface area (Å²) < 4.78 is 34.4. The highest BCUT2D eigenvalue weighted by molar-refractivity contribution is 7.91. The molecule has 0 N–H and O–H groups in total. The molecule has 116 valence electrons. The average Bonchev–Trinajstić information content (AvgIpc) is 2.66. The van der Waals surface area contributed by atoms with Crippen LogP contribution < -0.4 is 9.47 Å². The van der Waals surface area contributed by atoms with Crippen LogP contribution in [0.5, 0.6) is 11.5 Å². The Morgan fingerprint density at radius 3 is 2.48 bits per heavy atom. The van der Waals surface area contributed by atoms with Crippen LogP contribution in [-0.2, 0) is 9.84 Å². The average molecular weight is 351 g/mol. The van der Waals surface area contributed by atoms with Crippen molar-refractivity contribution in [3.05, 3.63) is 22.7 Å². The van der Waals surface area contributed by atoms with Crippen LogP contribution in [0.3, 0.4) is 0 Å². The minimum absolute atomic E-state index is 0.112. The number of alkyl halides is 1. The Bertz CT molecular complexity index is 645. The second kappa shape index (κ2) is 5.86. The lowest BCUT2D eigenvalue weighted by Crippen LogP contribution is -2.11. The van der Waals surface area contributed by atoms with Gasteiger partial charge in [-0.05, 0) is 24.0 Å². The van der Waals surface area contributed by atoms with Crippen LogP contribution in [0.2, 0.25) is 5.02 Å². The number of halogens is 2. The van der Waals surface area contributed by atoms with Crippen LogP contribution >= 0.6 is 23.2 Å². The molecule has 2 unspecified atom stereocenters. The number of ether oxygens (including phenoxy) is 2. The first-order valence-corrected chi connectivity index (χ1v) is 9.53. The fraction of sp³-hybridized carbons (Fsp3) is 0.571. The van der Waals surface area contributed by atoms with Gasteiger partial charge >= 0.3 is 0 Å². The van der Waals surface area contributed by atoms with Crippen molar-refractivity contribution in [3.8, 4) is 11.5 Å². The molecule has 4 nitrogen and oxygen atoms in total. The normalized spacial score (nSPS) is 25.3. The van der Waals surface area contributed by atoms with Gasteiger partial charge in [0.25, 0.3) is 0 Å². The van der Waals surface area contributed by atoms with E-state index in [4.69, 9.17) is 32.7 Å². The molecule has 2 atom stereocenters. The molecule has 1 aromatic carbocycles. The van der Waals surface area contributed by atoms with Gasteiger partial charge < -0.3 is 9.47 Å². The Kier molecular flexibility index (Phi) is 4.26. The molecule has 0 saturated carbocycles. The predicted molar refractivity (Wildman–Crippen MR) is 82.4 cm³/mol. The van der Waals surface area contributed by atoms with Crippen molar-refractivity contribution in [1.82, 2.24) is 0 Å². The summed E-state index contributed by atoms with van der Waals surface area (Å²) in [5.74, 6) is 1.44. The van der Waals surface area contributed by atoms with Gasteiger partial charge in [0, 0.05) is 17.5 Å². The summed E-state index contributed by atoms with van der Waals surface area (Å²) in [7, 11) is -2.97. The van der Waals surface area contributed by atoms with Gasteiger partial charge in [0.1, 0.15) is 0 Å². The molecule has 1 saturated heterocycles. The van der Waals surface area contributed by atoms with Crippen LogP contribution in [0.15, 0.2) is 12.1 Å². The molecule has 1 aromatic rings. The van der Waals surface area contributed by atoms with Crippen molar-refractivity contribution in [1.29, 1.82) is 0 Å². The van der Waals surface area contributed by atoms with Crippen LogP contribution in [0.4, 0.5) is 0 Å². The first kappa shape index (κ1) is 15.3. The highest BCUT2D eigenvalue weighted by Crippen LogP contribution is 2.43. The monoisotopic (exact) mass is 350 g/mol. The van der Waals surface area contributed by atoms with E-state index in [-0.39, 0.29) is 17.4 Å². The summed E-state index contributed by atoms with van der Waals surface area (Å²) >= 11 is 12.8. The van der Waals surface area contributed by atoms with Gasteiger partial charge in [-0.25, -0.2) is 8.42 Å². The van der Waals surface area contributed by atoms with E-state index in [0.29, 0.717) is 41.7 Å². The maximum absolute atomic E-state index is 11.6. The summed E-state index contributed by atoms with van der Waals surface area (Å²) in [6.07, 6.45) is 1.38. The second-order valence-corrected chi connectivity index (χ2v) is 8.54. The van der Waals surface area contributed by atoms with Gasteiger partial charge in [0.05, 0.1) is 30.1 Å². The summed E-state index contributed by atoms with van der Waals surface area (Å²) in [5.41, 5.74) is 0.713. The lowest BCUT2D eigenvalue weighted by molar-refractivity contribution is 0.297. The molecule has 1 fully saturated rings. The molecule has 0 aromatic heterocycles. The Morgan fingerprint density at radius 1 is 1.19 bits per heavy atom. The molecule has 3 rings (SSSR count). The fourth-order valence-corrected chi connectivity index (χ4v) is 5.39. The van der Waals surface area contributed by atoms with Gasteiger partial charge in [-0.15, -0.1) is 11.6 Å². The van der Waals surface area contributed by atoms with E-state index >= 15 is 0 Å². The molecular weight excluding hydrogens is 335 g/mol. The van der Waals surface area contributed by atoms with Crippen molar-refractivity contribution < 1.29 is 17.9 Å². The Hall–Kier alpha value is -0.650. The van der Waals surface area contributed by atoms with Crippen molar-refractivity contribution in [2.24, 2.45) is 5.92 Å². The van der Waals surface area contributed by atoms with Crippen molar-refractivity contribution >= 4 is 33.0 Å². The molecule has 2 heterocycles. The Labute approximate surface area is 134 Å². The highest BCUT2D eigenvalue weighted by Gasteiger charge is 2.35. The van der Waals surface area contributed by atoms with E-state index < -0.39 is 15.2 Å². The zero-order valence-corrected chi connectivity index (χ0v) is 13.7. The van der Waals surface area contributed by atoms with Gasteiger partial charge in [-0.1, -0.05) is 11.6 Å². The first-order valence-electron chi connectivity index (χ1n) is 6.90. The molecule has 0 spiro atoms. The van der Waals surface area contributed by atoms with Gasteiger partial charge in [0.15, 0.2) is 21.3 Å². The lowest BCUT2D eigenvalue weighted by Gasteiger charge is -2.19. The molecule has 0 bridgehead atoms. The minimum atomic E-state index is -2.97. The smallest absolute Gasteiger partial charge is 0.162 e. The maximum atomic E-state index is 11.6. The van der Waals surface area contributed by atoms with E-state index in [2.05, 4.69) is 0 Å². The molecule has 2 aliphatic heterocycles. The summed E-state index contributed by atoms with van der Waals surface area (Å²) in [5, 5.41) is 0.0514. The number of fused-ring (bicyclic) bond motifs is 1. The van der Waals surface area contributed by atoms with Crippen molar-refractivity contribution in [2.45, 2.75) is 18.2 Å². The largest absolute Gasteiger partial charge is 0.490 e. The quantitative estimate of drug-likeness (QED) is 0.768. The molecule has 0 radical (unpaired) electrons. The number of hydrogen-bond donors (Lipinski definition) is 0. The van der Waals surface area contributed by atoms with Crippen LogP contribution in [0.25, 0.3) is 0 Å². The third kappa shape index (κ3) is 3.25. The zero-order valence-electron chi connectivity index (χ0n) is 11.3. The van der Waals surface area contributed by atoms with Gasteiger partial charge in [-0.3, -0.25) is 0 Å².